The SMILES string of the molecule is CCN1CCN(c2nc3ccc(C)cn3c(=O)c2C=C2SC(=S)NC2=O)CC1. The first-order valence-electron chi connectivity index (χ1n) is 9.21. The van der Waals surface area contributed by atoms with E-state index in [1.54, 1.807) is 16.7 Å². The Balaban J connectivity index is 1.86. The first kappa shape index (κ1) is 19.1. The second-order valence-corrected chi connectivity index (χ2v) is 8.58. The quantitative estimate of drug-likeness (QED) is 0.604. The van der Waals surface area contributed by atoms with Gasteiger partial charge in [-0.15, -0.1) is 0 Å². The van der Waals surface area contributed by atoms with Crippen LogP contribution >= 0.6 is 24.0 Å². The van der Waals surface area contributed by atoms with E-state index in [1.165, 1.54) is 11.8 Å². The predicted molar refractivity (Wildman–Crippen MR) is 117 cm³/mol. The monoisotopic (exact) mass is 415 g/mol. The molecular formula is C19H21N5O2S2. The van der Waals surface area contributed by atoms with E-state index >= 15 is 0 Å². The normalized spacial score (nSPS) is 19.6. The number of carbonyl (C=O) groups is 1. The van der Waals surface area contributed by atoms with Crippen molar-refractivity contribution in [1.82, 2.24) is 19.6 Å². The molecule has 1 amide bonds. The van der Waals surface area contributed by atoms with E-state index in [2.05, 4.69) is 22.0 Å². The Labute approximate surface area is 172 Å². The summed E-state index contributed by atoms with van der Waals surface area (Å²) in [7, 11) is 0. The third-order valence-corrected chi connectivity index (χ3v) is 6.18. The van der Waals surface area contributed by atoms with Crippen LogP contribution in [0.5, 0.6) is 0 Å². The number of fused-ring (bicyclic) bond motifs is 1. The minimum Gasteiger partial charge on any atom is -0.353 e. The average molecular weight is 416 g/mol. The molecule has 1 N–H and O–H groups in total. The Morgan fingerprint density at radius 2 is 2.00 bits per heavy atom. The van der Waals surface area contributed by atoms with Crippen molar-refractivity contribution in [3.05, 3.63) is 44.7 Å². The summed E-state index contributed by atoms with van der Waals surface area (Å²) in [5.41, 5.74) is 1.81. The van der Waals surface area contributed by atoms with E-state index in [-0.39, 0.29) is 11.5 Å². The molecule has 4 heterocycles. The number of amides is 1. The van der Waals surface area contributed by atoms with Crippen molar-refractivity contribution in [3.8, 4) is 0 Å². The summed E-state index contributed by atoms with van der Waals surface area (Å²) >= 11 is 6.25. The largest absolute Gasteiger partial charge is 0.353 e. The van der Waals surface area contributed by atoms with Gasteiger partial charge in [-0.2, -0.15) is 0 Å². The lowest BCUT2D eigenvalue weighted by molar-refractivity contribution is -0.115. The van der Waals surface area contributed by atoms with Gasteiger partial charge in [-0.1, -0.05) is 37.0 Å². The summed E-state index contributed by atoms with van der Waals surface area (Å²) in [6.45, 7) is 8.49. The summed E-state index contributed by atoms with van der Waals surface area (Å²) in [6, 6.07) is 3.79. The van der Waals surface area contributed by atoms with Crippen molar-refractivity contribution in [3.63, 3.8) is 0 Å². The van der Waals surface area contributed by atoms with Gasteiger partial charge in [0.15, 0.2) is 0 Å². The second-order valence-electron chi connectivity index (χ2n) is 6.86. The highest BCUT2D eigenvalue weighted by atomic mass is 32.2. The lowest BCUT2D eigenvalue weighted by Crippen LogP contribution is -2.47. The van der Waals surface area contributed by atoms with Gasteiger partial charge in [0.05, 0.1) is 10.5 Å². The van der Waals surface area contributed by atoms with Crippen LogP contribution in [0.1, 0.15) is 18.1 Å². The summed E-state index contributed by atoms with van der Waals surface area (Å²) < 4.78 is 1.95. The Bertz CT molecular complexity index is 1050. The number of hydrogen-bond acceptors (Lipinski definition) is 7. The molecule has 0 bridgehead atoms. The summed E-state index contributed by atoms with van der Waals surface area (Å²) in [4.78, 5) is 35.2. The van der Waals surface area contributed by atoms with E-state index < -0.39 is 0 Å². The number of piperazine rings is 1. The van der Waals surface area contributed by atoms with Crippen molar-refractivity contribution in [2.45, 2.75) is 13.8 Å². The number of carbonyl (C=O) groups excluding carboxylic acids is 1. The van der Waals surface area contributed by atoms with Crippen molar-refractivity contribution in [1.29, 1.82) is 0 Å². The number of hydrogen-bond donors (Lipinski definition) is 1. The van der Waals surface area contributed by atoms with Gasteiger partial charge in [0, 0.05) is 32.4 Å². The number of nitrogens with zero attached hydrogens (tertiary/aromatic N) is 4. The number of likely N-dealkylation sites (N-methyl/N-ethyl adjacent to an activating group) is 1. The zero-order valence-corrected chi connectivity index (χ0v) is 17.4. The van der Waals surface area contributed by atoms with Crippen LogP contribution in [-0.4, -0.2) is 57.2 Å². The second kappa shape index (κ2) is 7.65. The molecule has 0 aliphatic carbocycles. The maximum atomic E-state index is 13.3. The van der Waals surface area contributed by atoms with Crippen LogP contribution in [0, 0.1) is 6.92 Å². The molecule has 146 valence electrons. The fourth-order valence-electron chi connectivity index (χ4n) is 3.44. The Morgan fingerprint density at radius 3 is 2.64 bits per heavy atom. The molecule has 2 fully saturated rings. The molecular weight excluding hydrogens is 394 g/mol. The average Bonchev–Trinajstić information content (AvgIpc) is 3.01. The Morgan fingerprint density at radius 1 is 1.25 bits per heavy atom. The highest BCUT2D eigenvalue weighted by molar-refractivity contribution is 8.26. The highest BCUT2D eigenvalue weighted by Crippen LogP contribution is 2.28. The smallest absolute Gasteiger partial charge is 0.267 e. The van der Waals surface area contributed by atoms with Crippen molar-refractivity contribution in [2.24, 2.45) is 0 Å². The fourth-order valence-corrected chi connectivity index (χ4v) is 4.47. The number of aryl methyl sites for hydroxylation is 1. The first-order chi connectivity index (χ1) is 13.5. The third-order valence-electron chi connectivity index (χ3n) is 5.02. The van der Waals surface area contributed by atoms with Crippen LogP contribution < -0.4 is 15.8 Å². The van der Waals surface area contributed by atoms with Crippen molar-refractivity contribution in [2.75, 3.05) is 37.6 Å². The summed E-state index contributed by atoms with van der Waals surface area (Å²) in [5.74, 6) is 0.355. The minimum atomic E-state index is -0.273. The van der Waals surface area contributed by atoms with E-state index in [4.69, 9.17) is 17.2 Å². The summed E-state index contributed by atoms with van der Waals surface area (Å²) in [5, 5.41) is 2.60. The number of anilines is 1. The molecule has 28 heavy (non-hydrogen) atoms. The van der Waals surface area contributed by atoms with Gasteiger partial charge in [0.2, 0.25) is 0 Å². The molecule has 7 nitrogen and oxygen atoms in total. The minimum absolute atomic E-state index is 0.180. The van der Waals surface area contributed by atoms with E-state index in [0.717, 1.165) is 38.3 Å². The van der Waals surface area contributed by atoms with E-state index in [9.17, 15) is 9.59 Å². The Hall–Kier alpha value is -2.23. The molecule has 9 heteroatoms. The lowest BCUT2D eigenvalue weighted by atomic mass is 10.2. The number of nitrogens with one attached hydrogen (secondary N) is 1. The molecule has 0 radical (unpaired) electrons. The predicted octanol–water partition coefficient (Wildman–Crippen LogP) is 1.63. The fraction of sp³-hybridized carbons (Fsp3) is 0.368. The molecule has 2 aliphatic rings. The van der Waals surface area contributed by atoms with E-state index in [0.29, 0.717) is 26.3 Å². The molecule has 0 saturated carbocycles. The van der Waals surface area contributed by atoms with E-state index in [1.807, 2.05) is 19.1 Å². The summed E-state index contributed by atoms with van der Waals surface area (Å²) in [6.07, 6.45) is 3.41. The molecule has 0 spiro atoms. The van der Waals surface area contributed by atoms with Crippen LogP contribution in [-0.2, 0) is 4.79 Å². The van der Waals surface area contributed by atoms with Gasteiger partial charge in [0.1, 0.15) is 15.8 Å². The molecule has 4 rings (SSSR count). The van der Waals surface area contributed by atoms with Gasteiger partial charge in [-0.05, 0) is 31.2 Å². The topological polar surface area (TPSA) is 70.0 Å². The molecule has 0 unspecified atom stereocenters. The third kappa shape index (κ3) is 3.57. The van der Waals surface area contributed by atoms with Gasteiger partial charge < -0.3 is 15.1 Å². The zero-order valence-electron chi connectivity index (χ0n) is 15.8. The lowest BCUT2D eigenvalue weighted by Gasteiger charge is -2.35. The molecule has 0 aromatic carbocycles. The number of thiocarbonyl (C=S) groups is 1. The standard InChI is InChI=1S/C19H21N5O2S2/c1-3-22-6-8-23(9-7-22)16-13(10-14-17(25)21-19(27)28-14)18(26)24-11-12(2)4-5-15(24)20-16/h4-5,10-11H,3,6-9H2,1-2H3,(H,21,25,27). The Kier molecular flexibility index (Phi) is 5.22. The molecule has 2 aliphatic heterocycles. The van der Waals surface area contributed by atoms with Crippen LogP contribution in [0.3, 0.4) is 0 Å². The molecule has 2 aromatic rings. The maximum absolute atomic E-state index is 13.3. The van der Waals surface area contributed by atoms with Crippen molar-refractivity contribution >= 4 is 51.7 Å². The van der Waals surface area contributed by atoms with Crippen LogP contribution in [0.25, 0.3) is 11.7 Å². The van der Waals surface area contributed by atoms with Gasteiger partial charge in [0.25, 0.3) is 11.5 Å². The van der Waals surface area contributed by atoms with Gasteiger partial charge in [-0.25, -0.2) is 4.98 Å². The number of thioether (sulfide) groups is 1. The zero-order chi connectivity index (χ0) is 19.8. The number of rotatable bonds is 3. The van der Waals surface area contributed by atoms with Crippen LogP contribution in [0.2, 0.25) is 0 Å². The maximum Gasteiger partial charge on any atom is 0.267 e. The van der Waals surface area contributed by atoms with Crippen LogP contribution in [0.15, 0.2) is 28.0 Å². The van der Waals surface area contributed by atoms with Crippen LogP contribution in [0.4, 0.5) is 5.82 Å². The highest BCUT2D eigenvalue weighted by Gasteiger charge is 2.26. The molecule has 2 saturated heterocycles. The first-order valence-corrected chi connectivity index (χ1v) is 10.4. The molecule has 2 aromatic heterocycles. The van der Waals surface area contributed by atoms with Gasteiger partial charge in [-0.3, -0.25) is 14.0 Å². The number of aromatic nitrogens is 2. The van der Waals surface area contributed by atoms with Gasteiger partial charge >= 0.3 is 0 Å². The van der Waals surface area contributed by atoms with Crippen molar-refractivity contribution < 1.29 is 4.79 Å². The molecule has 0 atom stereocenters. The number of pyridine rings is 1.